The molecule has 7 rings (SSSR count). The third kappa shape index (κ3) is 8.60. The van der Waals surface area contributed by atoms with E-state index in [1.54, 1.807) is 46.2 Å². The fraction of sp³-hybridized carbons (Fsp3) is 0.333. The van der Waals surface area contributed by atoms with E-state index in [1.165, 1.54) is 15.5 Å². The first-order chi connectivity index (χ1) is 27.2. The lowest BCUT2D eigenvalue weighted by molar-refractivity contribution is -0.147. The number of halogens is 2. The van der Waals surface area contributed by atoms with Crippen LogP contribution in [-0.2, 0) is 27.4 Å². The molecule has 296 valence electrons. The van der Waals surface area contributed by atoms with E-state index in [1.807, 2.05) is 53.4 Å². The van der Waals surface area contributed by atoms with Gasteiger partial charge in [0.2, 0.25) is 11.8 Å². The highest BCUT2D eigenvalue weighted by molar-refractivity contribution is 6.39. The summed E-state index contributed by atoms with van der Waals surface area (Å²) in [4.78, 5) is 62.9. The third-order valence-electron chi connectivity index (χ3n) is 10.0. The van der Waals surface area contributed by atoms with Crippen molar-refractivity contribution < 1.29 is 29.0 Å². The first-order valence-corrected chi connectivity index (χ1v) is 19.3. The number of ether oxygens (including phenoxy) is 2. The number of hydrogen-bond donors (Lipinski definition) is 2. The van der Waals surface area contributed by atoms with Gasteiger partial charge in [0, 0.05) is 78.9 Å². The molecule has 0 spiro atoms. The van der Waals surface area contributed by atoms with Crippen molar-refractivity contribution in [2.24, 2.45) is 5.92 Å². The van der Waals surface area contributed by atoms with Gasteiger partial charge in [-0.05, 0) is 51.0 Å². The number of methoxy groups -OCH3 is 1. The van der Waals surface area contributed by atoms with Gasteiger partial charge in [0.1, 0.15) is 11.2 Å². The SMILES string of the molecule is COc1nc(-c2cccc(-c3cccc(-c4ccn5c(=O)c(CN(CC6CCC(=O)N6)C(=O)OC(C)(C)C)cnc5c4)c3Cl)c2Cl)ccc1CN1CC(C(=O)O)C1. The number of carboxylic acids is 1. The minimum atomic E-state index is -0.789. The molecule has 2 fully saturated rings. The summed E-state index contributed by atoms with van der Waals surface area (Å²) in [6.07, 6.45) is 3.46. The number of aliphatic carboxylic acids is 1. The number of hydrogen-bond acceptors (Lipinski definition) is 9. The van der Waals surface area contributed by atoms with Crippen LogP contribution in [0.15, 0.2) is 77.9 Å². The Bertz CT molecular complexity index is 2440. The molecule has 2 N–H and O–H groups in total. The molecule has 1 unspecified atom stereocenters. The van der Waals surface area contributed by atoms with Crippen LogP contribution in [0.5, 0.6) is 5.88 Å². The molecule has 2 aliphatic rings. The summed E-state index contributed by atoms with van der Waals surface area (Å²) < 4.78 is 12.7. The molecule has 57 heavy (non-hydrogen) atoms. The van der Waals surface area contributed by atoms with Crippen LogP contribution in [0.2, 0.25) is 10.0 Å². The van der Waals surface area contributed by atoms with Crippen LogP contribution < -0.4 is 15.6 Å². The van der Waals surface area contributed by atoms with Crippen molar-refractivity contribution in [3.05, 3.63) is 105 Å². The van der Waals surface area contributed by atoms with E-state index < -0.39 is 17.7 Å². The van der Waals surface area contributed by atoms with E-state index in [4.69, 9.17) is 37.7 Å². The molecule has 15 heteroatoms. The summed E-state index contributed by atoms with van der Waals surface area (Å²) in [7, 11) is 1.55. The number of pyridine rings is 2. The Morgan fingerprint density at radius 3 is 2.30 bits per heavy atom. The highest BCUT2D eigenvalue weighted by atomic mass is 35.5. The predicted octanol–water partition coefficient (Wildman–Crippen LogP) is 6.94. The predicted molar refractivity (Wildman–Crippen MR) is 216 cm³/mol. The molecule has 0 aliphatic carbocycles. The van der Waals surface area contributed by atoms with E-state index in [2.05, 4.69) is 10.3 Å². The Labute approximate surface area is 339 Å². The van der Waals surface area contributed by atoms with E-state index in [0.717, 1.165) is 11.1 Å². The van der Waals surface area contributed by atoms with Crippen molar-refractivity contribution in [1.82, 2.24) is 29.5 Å². The number of carboxylic acid groups (broad SMARTS) is 1. The van der Waals surface area contributed by atoms with Crippen molar-refractivity contribution in [2.45, 2.75) is 58.3 Å². The molecule has 0 radical (unpaired) electrons. The minimum Gasteiger partial charge on any atom is -0.481 e. The van der Waals surface area contributed by atoms with Crippen LogP contribution >= 0.6 is 23.2 Å². The average Bonchev–Trinajstić information content (AvgIpc) is 3.57. The van der Waals surface area contributed by atoms with Gasteiger partial charge in [0.05, 0.1) is 40.9 Å². The Kier molecular flexibility index (Phi) is 11.3. The zero-order chi connectivity index (χ0) is 40.6. The number of nitrogens with zero attached hydrogens (tertiary/aromatic N) is 5. The second-order valence-electron chi connectivity index (χ2n) is 15.3. The number of nitrogens with one attached hydrogen (secondary N) is 1. The summed E-state index contributed by atoms with van der Waals surface area (Å²) >= 11 is 14.2. The van der Waals surface area contributed by atoms with Gasteiger partial charge < -0.3 is 24.8 Å². The summed E-state index contributed by atoms with van der Waals surface area (Å²) in [5.74, 6) is -0.791. The highest BCUT2D eigenvalue weighted by Gasteiger charge is 2.33. The summed E-state index contributed by atoms with van der Waals surface area (Å²) in [6.45, 7) is 6.92. The van der Waals surface area contributed by atoms with Gasteiger partial charge in [0.15, 0.2) is 0 Å². The van der Waals surface area contributed by atoms with Crippen LogP contribution in [0.1, 0.15) is 44.7 Å². The fourth-order valence-electron chi connectivity index (χ4n) is 7.12. The summed E-state index contributed by atoms with van der Waals surface area (Å²) in [5.41, 5.74) is 4.51. The largest absolute Gasteiger partial charge is 0.481 e. The number of carbonyl (C=O) groups excluding carboxylic acids is 2. The van der Waals surface area contributed by atoms with Gasteiger partial charge in [-0.1, -0.05) is 65.7 Å². The number of likely N-dealkylation sites (tertiary alicyclic amines) is 1. The molecule has 0 saturated carbocycles. The monoisotopic (exact) mass is 812 g/mol. The van der Waals surface area contributed by atoms with Crippen LogP contribution in [-0.4, -0.2) is 85.6 Å². The Morgan fingerprint density at radius 2 is 1.65 bits per heavy atom. The van der Waals surface area contributed by atoms with E-state index in [9.17, 15) is 24.3 Å². The molecule has 2 aromatic carbocycles. The molecule has 2 saturated heterocycles. The lowest BCUT2D eigenvalue weighted by Gasteiger charge is -2.36. The minimum absolute atomic E-state index is 0.0501. The fourth-order valence-corrected chi connectivity index (χ4v) is 7.78. The normalized spacial score (nSPS) is 16.0. The molecule has 5 heterocycles. The van der Waals surface area contributed by atoms with Crippen molar-refractivity contribution in [3.63, 3.8) is 0 Å². The van der Waals surface area contributed by atoms with E-state index in [-0.39, 0.29) is 42.1 Å². The maximum Gasteiger partial charge on any atom is 0.410 e. The zero-order valence-corrected chi connectivity index (χ0v) is 33.4. The van der Waals surface area contributed by atoms with Crippen molar-refractivity contribution >= 4 is 46.8 Å². The number of aromatic nitrogens is 3. The number of benzene rings is 2. The van der Waals surface area contributed by atoms with E-state index in [0.29, 0.717) is 82.0 Å². The Hall–Kier alpha value is -5.50. The van der Waals surface area contributed by atoms with Gasteiger partial charge >= 0.3 is 12.1 Å². The molecule has 0 bridgehead atoms. The lowest BCUT2D eigenvalue weighted by atomic mass is 9.97. The smallest absolute Gasteiger partial charge is 0.410 e. The quantitative estimate of drug-likeness (QED) is 0.143. The topological polar surface area (TPSA) is 156 Å². The first kappa shape index (κ1) is 39.7. The molecule has 2 aliphatic heterocycles. The number of amides is 2. The molecular formula is C42H42Cl2N6O7. The van der Waals surface area contributed by atoms with Gasteiger partial charge in [0.25, 0.3) is 5.56 Å². The Balaban J connectivity index is 1.14. The van der Waals surface area contributed by atoms with Crippen LogP contribution in [0.25, 0.3) is 39.2 Å². The van der Waals surface area contributed by atoms with Crippen molar-refractivity contribution in [1.29, 1.82) is 0 Å². The van der Waals surface area contributed by atoms with Crippen LogP contribution in [0.3, 0.4) is 0 Å². The molecule has 2 amide bonds. The molecule has 13 nitrogen and oxygen atoms in total. The summed E-state index contributed by atoms with van der Waals surface area (Å²) in [6, 6.07) is 18.4. The lowest BCUT2D eigenvalue weighted by Crippen LogP contribution is -2.49. The second kappa shape index (κ2) is 16.2. The second-order valence-corrected chi connectivity index (χ2v) is 16.1. The van der Waals surface area contributed by atoms with Crippen LogP contribution in [0.4, 0.5) is 4.79 Å². The first-order valence-electron chi connectivity index (χ1n) is 18.5. The van der Waals surface area contributed by atoms with Gasteiger partial charge in [-0.25, -0.2) is 14.8 Å². The number of fused-ring (bicyclic) bond motifs is 1. The van der Waals surface area contributed by atoms with Crippen molar-refractivity contribution in [3.8, 4) is 39.4 Å². The number of rotatable bonds is 11. The van der Waals surface area contributed by atoms with Crippen LogP contribution in [0, 0.1) is 5.92 Å². The van der Waals surface area contributed by atoms with E-state index >= 15 is 0 Å². The highest BCUT2D eigenvalue weighted by Crippen LogP contribution is 2.42. The zero-order valence-electron chi connectivity index (χ0n) is 31.9. The molecule has 5 aromatic rings. The van der Waals surface area contributed by atoms with Gasteiger partial charge in [-0.2, -0.15) is 0 Å². The standard InChI is InChI=1S/C42H42Cl2N6O7/c1-42(2,3)57-41(55)49(23-28-12-14-35(51)46-28)22-26-18-45-34-17-24(15-16-50(34)39(26)52)29-7-5-8-30(36(29)43)31-9-6-10-32(37(31)44)33-13-11-25(38(47-33)56-4)19-48-20-27(21-48)40(53)54/h5-11,13,15-18,27-28H,12,14,19-23H2,1-4H3,(H,46,51)(H,53,54). The maximum atomic E-state index is 13.8. The maximum absolute atomic E-state index is 13.8. The van der Waals surface area contributed by atoms with Gasteiger partial charge in [-0.3, -0.25) is 23.7 Å². The molecule has 1 atom stereocenters. The van der Waals surface area contributed by atoms with Gasteiger partial charge in [-0.15, -0.1) is 0 Å². The average molecular weight is 814 g/mol. The summed E-state index contributed by atoms with van der Waals surface area (Å²) in [5, 5.41) is 13.0. The molecular weight excluding hydrogens is 771 g/mol. The van der Waals surface area contributed by atoms with Crippen molar-refractivity contribution in [2.75, 3.05) is 26.7 Å². The third-order valence-corrected chi connectivity index (χ3v) is 10.8. The number of carbonyl (C=O) groups is 3. The molecule has 3 aromatic heterocycles. The Morgan fingerprint density at radius 1 is 0.965 bits per heavy atom.